The number of nitrogens with one attached hydrogen (secondary N) is 1. The van der Waals surface area contributed by atoms with Gasteiger partial charge in [-0.25, -0.2) is 0 Å². The average Bonchev–Trinajstić information content (AvgIpc) is 2.95. The van der Waals surface area contributed by atoms with Crippen molar-refractivity contribution >= 4 is 0 Å². The number of aliphatic hydroxyl groups is 1. The molecule has 2 saturated carbocycles. The van der Waals surface area contributed by atoms with E-state index in [2.05, 4.69) is 5.32 Å². The fourth-order valence-electron chi connectivity index (χ4n) is 2.64. The average molecular weight is 198 g/mol. The Kier molecular flexibility index (Phi) is 3.42. The molecular formula is C11H22N2O. The summed E-state index contributed by atoms with van der Waals surface area (Å²) in [6, 6.07) is 1.03. The van der Waals surface area contributed by atoms with Crippen molar-refractivity contribution in [2.24, 2.45) is 17.6 Å². The van der Waals surface area contributed by atoms with Crippen LogP contribution in [-0.4, -0.2) is 30.3 Å². The van der Waals surface area contributed by atoms with Crippen molar-refractivity contribution in [2.75, 3.05) is 13.2 Å². The predicted octanol–water partition coefficient (Wildman–Crippen LogP) is 0.474. The van der Waals surface area contributed by atoms with Crippen LogP contribution < -0.4 is 11.1 Å². The lowest BCUT2D eigenvalue weighted by Crippen LogP contribution is -2.46. The summed E-state index contributed by atoms with van der Waals surface area (Å²) in [5.74, 6) is 1.29. The lowest BCUT2D eigenvalue weighted by Gasteiger charge is -2.25. The third-order valence-electron chi connectivity index (χ3n) is 3.77. The monoisotopic (exact) mass is 198 g/mol. The van der Waals surface area contributed by atoms with Gasteiger partial charge in [-0.05, 0) is 37.5 Å². The highest BCUT2D eigenvalue weighted by molar-refractivity contribution is 4.92. The van der Waals surface area contributed by atoms with Gasteiger partial charge in [-0.2, -0.15) is 0 Å². The minimum atomic E-state index is 0.333. The zero-order valence-electron chi connectivity index (χ0n) is 8.78. The maximum Gasteiger partial charge on any atom is 0.0474 e. The molecule has 0 radical (unpaired) electrons. The van der Waals surface area contributed by atoms with Crippen LogP contribution in [0.25, 0.3) is 0 Å². The maximum absolute atomic E-state index is 9.21. The SMILES string of the molecule is NCC(NC1CCCC1CO)C1CC1. The molecule has 3 atom stereocenters. The highest BCUT2D eigenvalue weighted by Gasteiger charge is 2.34. The first-order valence-electron chi connectivity index (χ1n) is 5.92. The number of nitrogens with two attached hydrogens (primary N) is 1. The molecule has 2 rings (SSSR count). The van der Waals surface area contributed by atoms with Crippen molar-refractivity contribution < 1.29 is 5.11 Å². The van der Waals surface area contributed by atoms with Gasteiger partial charge in [0.15, 0.2) is 0 Å². The van der Waals surface area contributed by atoms with Gasteiger partial charge in [-0.15, -0.1) is 0 Å². The van der Waals surface area contributed by atoms with Gasteiger partial charge in [0.25, 0.3) is 0 Å². The second-order valence-electron chi connectivity index (χ2n) is 4.83. The van der Waals surface area contributed by atoms with Gasteiger partial charge in [0.05, 0.1) is 0 Å². The van der Waals surface area contributed by atoms with Crippen LogP contribution in [0, 0.1) is 11.8 Å². The summed E-state index contributed by atoms with van der Waals surface area (Å²) in [5.41, 5.74) is 5.75. The number of hydrogen-bond acceptors (Lipinski definition) is 3. The van der Waals surface area contributed by atoms with Crippen LogP contribution in [0.1, 0.15) is 32.1 Å². The van der Waals surface area contributed by atoms with E-state index < -0.39 is 0 Å². The lowest BCUT2D eigenvalue weighted by atomic mass is 10.0. The molecule has 0 amide bonds. The molecular weight excluding hydrogens is 176 g/mol. The molecule has 2 fully saturated rings. The van der Waals surface area contributed by atoms with Crippen LogP contribution in [-0.2, 0) is 0 Å². The quantitative estimate of drug-likeness (QED) is 0.602. The Balaban J connectivity index is 1.81. The minimum absolute atomic E-state index is 0.333. The van der Waals surface area contributed by atoms with Crippen molar-refractivity contribution in [3.63, 3.8) is 0 Å². The van der Waals surface area contributed by atoms with Crippen LogP contribution in [0.4, 0.5) is 0 Å². The zero-order valence-corrected chi connectivity index (χ0v) is 8.78. The van der Waals surface area contributed by atoms with Gasteiger partial charge in [0, 0.05) is 25.2 Å². The van der Waals surface area contributed by atoms with E-state index in [1.165, 1.54) is 32.1 Å². The maximum atomic E-state index is 9.21. The molecule has 4 N–H and O–H groups in total. The largest absolute Gasteiger partial charge is 0.396 e. The van der Waals surface area contributed by atoms with E-state index in [0.29, 0.717) is 24.6 Å². The number of aliphatic hydroxyl groups excluding tert-OH is 1. The Bertz CT molecular complexity index is 182. The molecule has 14 heavy (non-hydrogen) atoms. The molecule has 0 saturated heterocycles. The molecule has 3 nitrogen and oxygen atoms in total. The van der Waals surface area contributed by atoms with Gasteiger partial charge in [0.2, 0.25) is 0 Å². The van der Waals surface area contributed by atoms with E-state index in [-0.39, 0.29) is 0 Å². The number of hydrogen-bond donors (Lipinski definition) is 3. The minimum Gasteiger partial charge on any atom is -0.396 e. The van der Waals surface area contributed by atoms with E-state index in [0.717, 1.165) is 12.5 Å². The van der Waals surface area contributed by atoms with Crippen LogP contribution in [0.3, 0.4) is 0 Å². The van der Waals surface area contributed by atoms with Crippen molar-refractivity contribution in [2.45, 2.75) is 44.2 Å². The van der Waals surface area contributed by atoms with Gasteiger partial charge in [-0.3, -0.25) is 0 Å². The van der Waals surface area contributed by atoms with Crippen LogP contribution in [0.5, 0.6) is 0 Å². The Morgan fingerprint density at radius 1 is 1.29 bits per heavy atom. The zero-order chi connectivity index (χ0) is 9.97. The highest BCUT2D eigenvalue weighted by Crippen LogP contribution is 2.34. The van der Waals surface area contributed by atoms with Crippen molar-refractivity contribution in [1.82, 2.24) is 5.32 Å². The smallest absolute Gasteiger partial charge is 0.0474 e. The third-order valence-corrected chi connectivity index (χ3v) is 3.77. The molecule has 0 spiro atoms. The Labute approximate surface area is 86.1 Å². The molecule has 2 aliphatic carbocycles. The second-order valence-corrected chi connectivity index (χ2v) is 4.83. The molecule has 0 aromatic heterocycles. The van der Waals surface area contributed by atoms with E-state index >= 15 is 0 Å². The van der Waals surface area contributed by atoms with E-state index in [9.17, 15) is 5.11 Å². The molecule has 0 aromatic rings. The third kappa shape index (κ3) is 2.27. The molecule has 3 heteroatoms. The van der Waals surface area contributed by atoms with Crippen LogP contribution >= 0.6 is 0 Å². The van der Waals surface area contributed by atoms with Crippen molar-refractivity contribution in [3.8, 4) is 0 Å². The Hall–Kier alpha value is -0.120. The molecule has 2 aliphatic rings. The first-order chi connectivity index (χ1) is 6.85. The normalized spacial score (nSPS) is 34.7. The fourth-order valence-corrected chi connectivity index (χ4v) is 2.64. The highest BCUT2D eigenvalue weighted by atomic mass is 16.3. The Morgan fingerprint density at radius 3 is 2.64 bits per heavy atom. The predicted molar refractivity (Wildman–Crippen MR) is 56.9 cm³/mol. The first-order valence-corrected chi connectivity index (χ1v) is 5.92. The summed E-state index contributed by atoms with van der Waals surface area (Å²) in [5, 5.41) is 12.8. The van der Waals surface area contributed by atoms with Gasteiger partial charge < -0.3 is 16.2 Å². The second kappa shape index (κ2) is 4.60. The fraction of sp³-hybridized carbons (Fsp3) is 1.00. The molecule has 0 aliphatic heterocycles. The van der Waals surface area contributed by atoms with Gasteiger partial charge in [0.1, 0.15) is 0 Å². The van der Waals surface area contributed by atoms with Gasteiger partial charge >= 0.3 is 0 Å². The molecule has 0 bridgehead atoms. The van der Waals surface area contributed by atoms with Gasteiger partial charge in [-0.1, -0.05) is 6.42 Å². The molecule has 0 aromatic carbocycles. The van der Waals surface area contributed by atoms with Crippen LogP contribution in [0.15, 0.2) is 0 Å². The Morgan fingerprint density at radius 2 is 2.07 bits per heavy atom. The van der Waals surface area contributed by atoms with Crippen molar-refractivity contribution in [1.29, 1.82) is 0 Å². The summed E-state index contributed by atoms with van der Waals surface area (Å²) < 4.78 is 0. The first kappa shape index (κ1) is 10.4. The van der Waals surface area contributed by atoms with Crippen LogP contribution in [0.2, 0.25) is 0 Å². The van der Waals surface area contributed by atoms with E-state index in [4.69, 9.17) is 5.73 Å². The topological polar surface area (TPSA) is 58.3 Å². The standard InChI is InChI=1S/C11H22N2O/c12-6-11(8-4-5-8)13-10-3-1-2-9(10)7-14/h8-11,13-14H,1-7,12H2. The van der Waals surface area contributed by atoms with E-state index in [1.54, 1.807) is 0 Å². The lowest BCUT2D eigenvalue weighted by molar-refractivity contribution is 0.197. The molecule has 3 unspecified atom stereocenters. The molecule has 82 valence electrons. The number of rotatable bonds is 5. The summed E-state index contributed by atoms with van der Waals surface area (Å²) in [6.45, 7) is 1.08. The summed E-state index contributed by atoms with van der Waals surface area (Å²) in [4.78, 5) is 0. The van der Waals surface area contributed by atoms with Crippen molar-refractivity contribution in [3.05, 3.63) is 0 Å². The summed E-state index contributed by atoms with van der Waals surface area (Å²) in [7, 11) is 0. The molecule has 0 heterocycles. The summed E-state index contributed by atoms with van der Waals surface area (Å²) >= 11 is 0. The van der Waals surface area contributed by atoms with E-state index in [1.807, 2.05) is 0 Å². The summed E-state index contributed by atoms with van der Waals surface area (Å²) in [6.07, 6.45) is 6.33.